The highest BCUT2D eigenvalue weighted by atomic mass is 31.2. The predicted molar refractivity (Wildman–Crippen MR) is 215 cm³/mol. The van der Waals surface area contributed by atoms with Crippen molar-refractivity contribution < 1.29 is 42.1 Å². The number of carbonyl (C=O) groups excluding carboxylic acids is 2. The first-order chi connectivity index (χ1) is 25.0. The molecule has 0 aromatic rings. The Morgan fingerprint density at radius 1 is 0.615 bits per heavy atom. The van der Waals surface area contributed by atoms with E-state index in [0.717, 1.165) is 77.0 Å². The average molecular weight is 755 g/mol. The van der Waals surface area contributed by atoms with Crippen molar-refractivity contribution in [1.29, 1.82) is 0 Å². The maximum atomic E-state index is 12.6. The number of esters is 2. The van der Waals surface area contributed by atoms with Gasteiger partial charge in [-0.3, -0.25) is 18.6 Å². The molecule has 0 amide bonds. The van der Waals surface area contributed by atoms with Crippen molar-refractivity contribution in [2.45, 2.75) is 161 Å². The fourth-order valence-electron chi connectivity index (χ4n) is 5.14. The number of quaternary nitrogens is 1. The van der Waals surface area contributed by atoms with Crippen molar-refractivity contribution in [3.05, 3.63) is 48.6 Å². The molecule has 9 nitrogen and oxygen atoms in total. The highest BCUT2D eigenvalue weighted by Gasteiger charge is 2.27. The van der Waals surface area contributed by atoms with Crippen LogP contribution in [0.4, 0.5) is 0 Å². The number of phosphoric ester groups is 1. The molecule has 52 heavy (non-hydrogen) atoms. The first-order valence-electron chi connectivity index (χ1n) is 20.4. The van der Waals surface area contributed by atoms with Crippen molar-refractivity contribution in [1.82, 2.24) is 0 Å². The van der Waals surface area contributed by atoms with Gasteiger partial charge < -0.3 is 18.9 Å². The molecule has 302 valence electrons. The molecule has 2 unspecified atom stereocenters. The second-order valence-electron chi connectivity index (χ2n) is 14.6. The third kappa shape index (κ3) is 37.7. The zero-order valence-electron chi connectivity index (χ0n) is 33.8. The summed E-state index contributed by atoms with van der Waals surface area (Å²) in [5.74, 6) is -0.847. The molecule has 0 saturated heterocycles. The summed E-state index contributed by atoms with van der Waals surface area (Å²) in [7, 11) is 1.44. The van der Waals surface area contributed by atoms with Gasteiger partial charge in [0.2, 0.25) is 0 Å². The van der Waals surface area contributed by atoms with Gasteiger partial charge in [0.1, 0.15) is 19.8 Å². The summed E-state index contributed by atoms with van der Waals surface area (Å²) in [5, 5.41) is 0. The second-order valence-corrected chi connectivity index (χ2v) is 16.1. The molecule has 0 bridgehead atoms. The van der Waals surface area contributed by atoms with E-state index in [1.807, 2.05) is 21.1 Å². The summed E-state index contributed by atoms with van der Waals surface area (Å²) in [5.41, 5.74) is 0. The van der Waals surface area contributed by atoms with Crippen LogP contribution in [0.25, 0.3) is 0 Å². The summed E-state index contributed by atoms with van der Waals surface area (Å²) in [6.45, 7) is 4.24. The molecule has 0 spiro atoms. The lowest BCUT2D eigenvalue weighted by molar-refractivity contribution is -0.870. The van der Waals surface area contributed by atoms with Gasteiger partial charge in [0.15, 0.2) is 6.10 Å². The van der Waals surface area contributed by atoms with E-state index in [1.54, 1.807) is 0 Å². The van der Waals surface area contributed by atoms with Gasteiger partial charge in [0.25, 0.3) is 0 Å². The lowest BCUT2D eigenvalue weighted by atomic mass is 10.1. The predicted octanol–water partition coefficient (Wildman–Crippen LogP) is 11.1. The van der Waals surface area contributed by atoms with E-state index in [9.17, 15) is 19.0 Å². The molecule has 0 aliphatic rings. The number of hydrogen-bond acceptors (Lipinski definition) is 7. The lowest BCUT2D eigenvalue weighted by Crippen LogP contribution is -2.37. The Morgan fingerprint density at radius 2 is 1.10 bits per heavy atom. The molecule has 0 aromatic carbocycles. The van der Waals surface area contributed by atoms with Gasteiger partial charge in [0.05, 0.1) is 27.7 Å². The molecule has 2 atom stereocenters. The Morgan fingerprint density at radius 3 is 1.67 bits per heavy atom. The Hall–Kier alpha value is -2.03. The van der Waals surface area contributed by atoms with Crippen molar-refractivity contribution in [2.24, 2.45) is 0 Å². The van der Waals surface area contributed by atoms with E-state index in [4.69, 9.17) is 18.5 Å². The molecule has 0 heterocycles. The maximum absolute atomic E-state index is 12.6. The normalized spacial score (nSPS) is 14.2. The third-order valence-corrected chi connectivity index (χ3v) is 9.33. The molecule has 1 N–H and O–H groups in total. The summed E-state index contributed by atoms with van der Waals surface area (Å²) in [6, 6.07) is 0. The standard InChI is InChI=1S/C42H76NO8P/c1-6-8-10-12-14-16-18-20-21-23-24-26-28-30-32-34-41(44)48-38-40(39-50-52(46,47)49-37-36-43(3,4)5)51-42(45)35-33-31-29-27-25-22-19-17-15-13-11-9-7-2/h9,11,15,17,20-22,25,40H,6-8,10,12-14,16,18-19,23-24,26-39H2,1-5H3/p+1/b11-9-,17-15-,21-20-,25-22-. The van der Waals surface area contributed by atoms with Crippen LogP contribution in [0.15, 0.2) is 48.6 Å². The minimum atomic E-state index is -4.38. The van der Waals surface area contributed by atoms with Crippen LogP contribution in [0, 0.1) is 0 Å². The average Bonchev–Trinajstić information content (AvgIpc) is 3.09. The van der Waals surface area contributed by atoms with E-state index in [1.165, 1.54) is 44.9 Å². The van der Waals surface area contributed by atoms with Crippen LogP contribution < -0.4 is 0 Å². The fourth-order valence-corrected chi connectivity index (χ4v) is 5.88. The molecular weight excluding hydrogens is 677 g/mol. The largest absolute Gasteiger partial charge is 0.472 e. The number of phosphoric acid groups is 1. The molecule has 0 fully saturated rings. The maximum Gasteiger partial charge on any atom is 0.472 e. The van der Waals surface area contributed by atoms with E-state index < -0.39 is 26.5 Å². The van der Waals surface area contributed by atoms with Crippen molar-refractivity contribution in [3.8, 4) is 0 Å². The molecule has 0 rings (SSSR count). The summed E-state index contributed by atoms with van der Waals surface area (Å²) < 4.78 is 34.2. The van der Waals surface area contributed by atoms with Crippen molar-refractivity contribution in [3.63, 3.8) is 0 Å². The fraction of sp³-hybridized carbons (Fsp3) is 0.762. The lowest BCUT2D eigenvalue weighted by Gasteiger charge is -2.24. The minimum absolute atomic E-state index is 0.0230. The van der Waals surface area contributed by atoms with E-state index in [-0.39, 0.29) is 32.0 Å². The molecule has 10 heteroatoms. The second kappa shape index (κ2) is 34.7. The van der Waals surface area contributed by atoms with Crippen LogP contribution in [0.5, 0.6) is 0 Å². The Labute approximate surface area is 318 Å². The van der Waals surface area contributed by atoms with Gasteiger partial charge in [0, 0.05) is 12.8 Å². The first-order valence-corrected chi connectivity index (χ1v) is 21.9. The zero-order chi connectivity index (χ0) is 38.6. The highest BCUT2D eigenvalue weighted by Crippen LogP contribution is 2.43. The van der Waals surface area contributed by atoms with Gasteiger partial charge in [-0.15, -0.1) is 0 Å². The van der Waals surface area contributed by atoms with Gasteiger partial charge >= 0.3 is 19.8 Å². The first kappa shape index (κ1) is 50.0. The van der Waals surface area contributed by atoms with Crippen LogP contribution >= 0.6 is 7.82 Å². The zero-order valence-corrected chi connectivity index (χ0v) is 34.7. The molecule has 0 aromatic heterocycles. The van der Waals surface area contributed by atoms with Crippen LogP contribution in [-0.4, -0.2) is 74.9 Å². The third-order valence-electron chi connectivity index (χ3n) is 8.34. The SMILES string of the molecule is CC/C=C\C/C=C\C/C=C\CCCCCC(=O)OC(COC(=O)CCCCCCC/C=C\CCCCCCCC)COP(=O)(O)OCC[N+](C)(C)C. The van der Waals surface area contributed by atoms with E-state index in [2.05, 4.69) is 62.5 Å². The molecule has 0 aliphatic carbocycles. The van der Waals surface area contributed by atoms with Crippen molar-refractivity contribution >= 4 is 19.8 Å². The number of likely N-dealkylation sites (N-methyl/N-ethyl adjacent to an activating group) is 1. The number of nitrogens with zero attached hydrogens (tertiary/aromatic N) is 1. The topological polar surface area (TPSA) is 108 Å². The number of unbranched alkanes of at least 4 members (excludes halogenated alkanes) is 14. The summed E-state index contributed by atoms with van der Waals surface area (Å²) in [6.07, 6.45) is 38.7. The van der Waals surface area contributed by atoms with Gasteiger partial charge in [-0.2, -0.15) is 0 Å². The van der Waals surface area contributed by atoms with E-state index >= 15 is 0 Å². The molecule has 0 aliphatic heterocycles. The Kier molecular flexibility index (Phi) is 33.4. The number of rotatable bonds is 36. The summed E-state index contributed by atoms with van der Waals surface area (Å²) >= 11 is 0. The number of ether oxygens (including phenoxy) is 2. The summed E-state index contributed by atoms with van der Waals surface area (Å²) in [4.78, 5) is 35.2. The molecule has 0 saturated carbocycles. The van der Waals surface area contributed by atoms with Crippen LogP contribution in [0.3, 0.4) is 0 Å². The highest BCUT2D eigenvalue weighted by molar-refractivity contribution is 7.47. The van der Waals surface area contributed by atoms with Crippen LogP contribution in [0.2, 0.25) is 0 Å². The van der Waals surface area contributed by atoms with Gasteiger partial charge in [-0.05, 0) is 70.6 Å². The smallest absolute Gasteiger partial charge is 0.462 e. The Balaban J connectivity index is 4.46. The van der Waals surface area contributed by atoms with Crippen LogP contribution in [0.1, 0.15) is 155 Å². The molecular formula is C42H77NO8P+. The number of carbonyl (C=O) groups is 2. The quantitative estimate of drug-likeness (QED) is 0.0221. The van der Waals surface area contributed by atoms with Gasteiger partial charge in [-0.25, -0.2) is 4.57 Å². The number of allylic oxidation sites excluding steroid dienone is 8. The van der Waals surface area contributed by atoms with Crippen LogP contribution in [-0.2, 0) is 32.7 Å². The monoisotopic (exact) mass is 755 g/mol. The van der Waals surface area contributed by atoms with Crippen molar-refractivity contribution in [2.75, 3.05) is 47.5 Å². The number of hydrogen-bond donors (Lipinski definition) is 1. The minimum Gasteiger partial charge on any atom is -0.462 e. The molecule has 0 radical (unpaired) electrons. The van der Waals surface area contributed by atoms with Gasteiger partial charge in [-0.1, -0.05) is 120 Å². The Bertz CT molecular complexity index is 1030. The van der Waals surface area contributed by atoms with E-state index in [0.29, 0.717) is 17.4 Å².